The van der Waals surface area contributed by atoms with Gasteiger partial charge in [-0.3, -0.25) is 9.59 Å². The van der Waals surface area contributed by atoms with Crippen molar-refractivity contribution in [2.75, 3.05) is 12.4 Å². The highest BCUT2D eigenvalue weighted by molar-refractivity contribution is 9.10. The van der Waals surface area contributed by atoms with Gasteiger partial charge in [-0.05, 0) is 72.1 Å². The molecule has 3 rings (SSSR count). The molecule has 3 aromatic carbocycles. The molecule has 0 bridgehead atoms. The van der Waals surface area contributed by atoms with Gasteiger partial charge in [-0.25, -0.2) is 5.43 Å². The van der Waals surface area contributed by atoms with Gasteiger partial charge in [-0.15, -0.1) is 0 Å². The minimum atomic E-state index is -0.886. The zero-order valence-electron chi connectivity index (χ0n) is 17.9. The summed E-state index contributed by atoms with van der Waals surface area (Å²) in [5, 5.41) is 7.06. The third-order valence-corrected chi connectivity index (χ3v) is 5.26. The number of amides is 2. The second kappa shape index (κ2) is 11.5. The molecule has 0 aromatic heterocycles. The molecule has 2 amide bonds. The average molecular weight is 531 g/mol. The van der Waals surface area contributed by atoms with Crippen molar-refractivity contribution < 1.29 is 19.1 Å². The number of nitrogens with zero attached hydrogens (tertiary/aromatic N) is 1. The van der Waals surface area contributed by atoms with E-state index in [0.29, 0.717) is 34.4 Å². The summed E-state index contributed by atoms with van der Waals surface area (Å²) in [4.78, 5) is 24.1. The number of aryl methyl sites for hydroxylation is 1. The topological polar surface area (TPSA) is 89.0 Å². The van der Waals surface area contributed by atoms with E-state index in [1.54, 1.807) is 42.5 Å². The summed E-state index contributed by atoms with van der Waals surface area (Å²) >= 11 is 9.25. The van der Waals surface area contributed by atoms with Crippen molar-refractivity contribution in [3.8, 4) is 11.5 Å². The van der Waals surface area contributed by atoms with Crippen LogP contribution in [0, 0.1) is 6.92 Å². The third kappa shape index (κ3) is 7.06. The SMILES string of the molecule is COc1cc(C=NNC(=O)C(=O)Nc2ccc(Br)cc2C)ccc1OCc1ccc(Cl)cc1. The number of rotatable bonds is 7. The monoisotopic (exact) mass is 529 g/mol. The Labute approximate surface area is 204 Å². The molecule has 0 aliphatic heterocycles. The van der Waals surface area contributed by atoms with Crippen molar-refractivity contribution in [2.24, 2.45) is 5.10 Å². The van der Waals surface area contributed by atoms with E-state index < -0.39 is 11.8 Å². The Kier molecular flexibility index (Phi) is 8.46. The molecule has 0 aliphatic carbocycles. The molecule has 9 heteroatoms. The van der Waals surface area contributed by atoms with Crippen LogP contribution in [0.4, 0.5) is 5.69 Å². The fraction of sp³-hybridized carbons (Fsp3) is 0.125. The summed E-state index contributed by atoms with van der Waals surface area (Å²) in [6.07, 6.45) is 1.40. The molecule has 0 atom stereocenters. The van der Waals surface area contributed by atoms with E-state index in [4.69, 9.17) is 21.1 Å². The second-order valence-electron chi connectivity index (χ2n) is 6.94. The molecule has 0 aliphatic rings. The number of benzene rings is 3. The maximum absolute atomic E-state index is 12.1. The molecule has 170 valence electrons. The molecule has 7 nitrogen and oxygen atoms in total. The lowest BCUT2D eigenvalue weighted by Crippen LogP contribution is -2.32. The van der Waals surface area contributed by atoms with Gasteiger partial charge < -0.3 is 14.8 Å². The fourth-order valence-corrected chi connectivity index (χ4v) is 3.39. The number of anilines is 1. The van der Waals surface area contributed by atoms with Crippen molar-refractivity contribution in [2.45, 2.75) is 13.5 Å². The summed E-state index contributed by atoms with van der Waals surface area (Å²) in [6, 6.07) is 17.9. The van der Waals surface area contributed by atoms with E-state index in [2.05, 4.69) is 31.8 Å². The minimum Gasteiger partial charge on any atom is -0.493 e. The third-order valence-electron chi connectivity index (χ3n) is 4.52. The predicted molar refractivity (Wildman–Crippen MR) is 132 cm³/mol. The second-order valence-corrected chi connectivity index (χ2v) is 8.29. The normalized spacial score (nSPS) is 10.7. The minimum absolute atomic E-state index is 0.351. The molecular formula is C24H21BrClN3O4. The van der Waals surface area contributed by atoms with Crippen LogP contribution >= 0.6 is 27.5 Å². The molecule has 0 saturated carbocycles. The number of hydrogen-bond acceptors (Lipinski definition) is 5. The predicted octanol–water partition coefficient (Wildman–Crippen LogP) is 5.09. The van der Waals surface area contributed by atoms with Gasteiger partial charge in [0, 0.05) is 15.2 Å². The summed E-state index contributed by atoms with van der Waals surface area (Å²) < 4.78 is 12.1. The van der Waals surface area contributed by atoms with Gasteiger partial charge in [0.1, 0.15) is 6.61 Å². The lowest BCUT2D eigenvalue weighted by Gasteiger charge is -2.11. The Morgan fingerprint density at radius 2 is 1.79 bits per heavy atom. The van der Waals surface area contributed by atoms with Crippen LogP contribution in [0.2, 0.25) is 5.02 Å². The van der Waals surface area contributed by atoms with Gasteiger partial charge in [0.15, 0.2) is 11.5 Å². The van der Waals surface area contributed by atoms with E-state index in [-0.39, 0.29) is 0 Å². The highest BCUT2D eigenvalue weighted by Crippen LogP contribution is 2.28. The van der Waals surface area contributed by atoms with E-state index in [1.165, 1.54) is 13.3 Å². The molecule has 3 aromatic rings. The first-order chi connectivity index (χ1) is 15.9. The standard InChI is InChI=1S/C24H21BrClN3O4/c1-15-11-18(25)6-9-20(15)28-23(30)24(31)29-27-13-17-5-10-21(22(12-17)32-2)33-14-16-3-7-19(26)8-4-16/h3-13H,14H2,1-2H3,(H,28,30)(H,29,31). The summed E-state index contributed by atoms with van der Waals surface area (Å²) in [5.74, 6) is -0.648. The first kappa shape index (κ1) is 24.3. The van der Waals surface area contributed by atoms with Crippen molar-refractivity contribution in [1.82, 2.24) is 5.43 Å². The van der Waals surface area contributed by atoms with Crippen LogP contribution < -0.4 is 20.2 Å². The molecule has 2 N–H and O–H groups in total. The molecule has 0 heterocycles. The molecule has 0 saturated heterocycles. The lowest BCUT2D eigenvalue weighted by molar-refractivity contribution is -0.136. The van der Waals surface area contributed by atoms with E-state index in [1.807, 2.05) is 25.1 Å². The van der Waals surface area contributed by atoms with E-state index in [0.717, 1.165) is 15.6 Å². The zero-order chi connectivity index (χ0) is 23.8. The van der Waals surface area contributed by atoms with Gasteiger partial charge in [0.25, 0.3) is 0 Å². The number of halogens is 2. The van der Waals surface area contributed by atoms with E-state index >= 15 is 0 Å². The molecule has 0 unspecified atom stereocenters. The van der Waals surface area contributed by atoms with Crippen LogP contribution in [0.15, 0.2) is 70.2 Å². The number of nitrogens with one attached hydrogen (secondary N) is 2. The number of hydrazone groups is 1. The quantitative estimate of drug-likeness (QED) is 0.253. The van der Waals surface area contributed by atoms with Crippen LogP contribution in [-0.2, 0) is 16.2 Å². The Morgan fingerprint density at radius 3 is 2.48 bits per heavy atom. The maximum Gasteiger partial charge on any atom is 0.329 e. The molecule has 0 fully saturated rings. The number of ether oxygens (including phenoxy) is 2. The molecule has 0 radical (unpaired) electrons. The number of methoxy groups -OCH3 is 1. The number of carbonyl (C=O) groups excluding carboxylic acids is 2. The highest BCUT2D eigenvalue weighted by atomic mass is 79.9. The first-order valence-electron chi connectivity index (χ1n) is 9.81. The van der Waals surface area contributed by atoms with Gasteiger partial charge in [-0.1, -0.05) is 39.7 Å². The summed E-state index contributed by atoms with van der Waals surface area (Å²) in [5.41, 5.74) is 5.19. The van der Waals surface area contributed by atoms with Crippen molar-refractivity contribution in [3.63, 3.8) is 0 Å². The lowest BCUT2D eigenvalue weighted by atomic mass is 10.2. The average Bonchev–Trinajstić information content (AvgIpc) is 2.80. The Balaban J connectivity index is 1.57. The zero-order valence-corrected chi connectivity index (χ0v) is 20.2. The van der Waals surface area contributed by atoms with Gasteiger partial charge in [0.05, 0.1) is 13.3 Å². The maximum atomic E-state index is 12.1. The fourth-order valence-electron chi connectivity index (χ4n) is 2.79. The molecular weight excluding hydrogens is 510 g/mol. The molecule has 33 heavy (non-hydrogen) atoms. The number of carbonyl (C=O) groups is 2. The largest absolute Gasteiger partial charge is 0.493 e. The van der Waals surface area contributed by atoms with Gasteiger partial charge >= 0.3 is 11.8 Å². The molecule has 0 spiro atoms. The Hall–Kier alpha value is -3.36. The van der Waals surface area contributed by atoms with Crippen molar-refractivity contribution >= 4 is 51.2 Å². The highest BCUT2D eigenvalue weighted by Gasteiger charge is 2.14. The summed E-state index contributed by atoms with van der Waals surface area (Å²) in [7, 11) is 1.53. The Morgan fingerprint density at radius 1 is 1.03 bits per heavy atom. The van der Waals surface area contributed by atoms with Gasteiger partial charge in [-0.2, -0.15) is 5.10 Å². The number of hydrogen-bond donors (Lipinski definition) is 2. The van der Waals surface area contributed by atoms with Crippen LogP contribution in [0.5, 0.6) is 11.5 Å². The smallest absolute Gasteiger partial charge is 0.329 e. The van der Waals surface area contributed by atoms with Crippen molar-refractivity contribution in [1.29, 1.82) is 0 Å². The van der Waals surface area contributed by atoms with Crippen LogP contribution in [0.25, 0.3) is 0 Å². The first-order valence-corrected chi connectivity index (χ1v) is 11.0. The van der Waals surface area contributed by atoms with Crippen molar-refractivity contribution in [3.05, 3.63) is 86.8 Å². The Bertz CT molecular complexity index is 1180. The van der Waals surface area contributed by atoms with E-state index in [9.17, 15) is 9.59 Å². The van der Waals surface area contributed by atoms with Crippen LogP contribution in [0.1, 0.15) is 16.7 Å². The van der Waals surface area contributed by atoms with Crippen LogP contribution in [0.3, 0.4) is 0 Å². The summed E-state index contributed by atoms with van der Waals surface area (Å²) in [6.45, 7) is 2.18. The van der Waals surface area contributed by atoms with Crippen LogP contribution in [-0.4, -0.2) is 25.1 Å². The van der Waals surface area contributed by atoms with Gasteiger partial charge in [0.2, 0.25) is 0 Å².